The van der Waals surface area contributed by atoms with Crippen LogP contribution in [0.4, 0.5) is 0 Å². The molecule has 0 amide bonds. The Bertz CT molecular complexity index is 150. The lowest BCUT2D eigenvalue weighted by atomic mass is 9.97. The van der Waals surface area contributed by atoms with Crippen LogP contribution in [0.2, 0.25) is 0 Å². The van der Waals surface area contributed by atoms with Gasteiger partial charge in [0.15, 0.2) is 0 Å². The van der Waals surface area contributed by atoms with Crippen molar-refractivity contribution >= 4 is 0 Å². The molecule has 0 saturated heterocycles. The van der Waals surface area contributed by atoms with Crippen molar-refractivity contribution in [3.8, 4) is 0 Å². The Kier molecular flexibility index (Phi) is 5.45. The zero-order valence-corrected chi connectivity index (χ0v) is 9.11. The van der Waals surface area contributed by atoms with Crippen LogP contribution in [0, 0.1) is 11.8 Å². The second-order valence-electron chi connectivity index (χ2n) is 4.40. The molecule has 3 nitrogen and oxygen atoms in total. The van der Waals surface area contributed by atoms with Crippen LogP contribution in [0.15, 0.2) is 0 Å². The number of hydrogen-bond acceptors (Lipinski definition) is 3. The van der Waals surface area contributed by atoms with Gasteiger partial charge in [-0.1, -0.05) is 6.42 Å². The molecule has 3 atom stereocenters. The summed E-state index contributed by atoms with van der Waals surface area (Å²) in [7, 11) is 0. The van der Waals surface area contributed by atoms with E-state index in [9.17, 15) is 0 Å². The predicted octanol–water partition coefficient (Wildman–Crippen LogP) is 1.15. The normalized spacial score (nSPS) is 29.4. The minimum atomic E-state index is -0.246. The van der Waals surface area contributed by atoms with Gasteiger partial charge in [0.1, 0.15) is 0 Å². The Morgan fingerprint density at radius 2 is 2.14 bits per heavy atom. The number of ether oxygens (including phenoxy) is 1. The van der Waals surface area contributed by atoms with Crippen LogP contribution in [0.3, 0.4) is 0 Å². The second kappa shape index (κ2) is 6.38. The van der Waals surface area contributed by atoms with Gasteiger partial charge in [-0.25, -0.2) is 0 Å². The van der Waals surface area contributed by atoms with Gasteiger partial charge in [0.25, 0.3) is 0 Å². The molecule has 1 rings (SSSR count). The molecule has 84 valence electrons. The molecule has 1 fully saturated rings. The molecular formula is C11H23NO2. The highest BCUT2D eigenvalue weighted by Gasteiger charge is 2.25. The molecule has 0 radical (unpaired) electrons. The van der Waals surface area contributed by atoms with Crippen LogP contribution in [0.25, 0.3) is 0 Å². The summed E-state index contributed by atoms with van der Waals surface area (Å²) < 4.78 is 5.54. The average Bonchev–Trinajstić information content (AvgIpc) is 2.59. The van der Waals surface area contributed by atoms with E-state index in [1.54, 1.807) is 6.92 Å². The third-order valence-electron chi connectivity index (χ3n) is 3.13. The third kappa shape index (κ3) is 3.95. The minimum absolute atomic E-state index is 0.246. The van der Waals surface area contributed by atoms with Crippen LogP contribution < -0.4 is 5.73 Å². The Hall–Kier alpha value is -0.120. The predicted molar refractivity (Wildman–Crippen MR) is 57.0 cm³/mol. The van der Waals surface area contributed by atoms with Crippen LogP contribution in [0.5, 0.6) is 0 Å². The number of aliphatic hydroxyl groups is 1. The van der Waals surface area contributed by atoms with E-state index in [4.69, 9.17) is 15.6 Å². The third-order valence-corrected chi connectivity index (χ3v) is 3.13. The highest BCUT2D eigenvalue weighted by molar-refractivity contribution is 4.77. The maximum atomic E-state index is 9.04. The number of hydrogen-bond donors (Lipinski definition) is 2. The van der Waals surface area contributed by atoms with E-state index in [-0.39, 0.29) is 6.10 Å². The van der Waals surface area contributed by atoms with Crippen LogP contribution in [-0.4, -0.2) is 31.0 Å². The molecule has 1 saturated carbocycles. The standard InChI is InChI=1S/C11H23NO2/c1-9(13)5-6-14-8-11-4-2-3-10(11)7-12/h9-11,13H,2-8,12H2,1H3. The number of nitrogens with two attached hydrogens (primary N) is 1. The fourth-order valence-corrected chi connectivity index (χ4v) is 2.13. The number of rotatable bonds is 6. The van der Waals surface area contributed by atoms with Gasteiger partial charge < -0.3 is 15.6 Å². The van der Waals surface area contributed by atoms with E-state index in [1.807, 2.05) is 0 Å². The molecule has 0 spiro atoms. The fourth-order valence-electron chi connectivity index (χ4n) is 2.13. The van der Waals surface area contributed by atoms with Crippen molar-refractivity contribution in [2.45, 2.75) is 38.7 Å². The first-order valence-electron chi connectivity index (χ1n) is 5.70. The fraction of sp³-hybridized carbons (Fsp3) is 1.00. The van der Waals surface area contributed by atoms with E-state index in [0.29, 0.717) is 18.4 Å². The number of aliphatic hydroxyl groups excluding tert-OH is 1. The van der Waals surface area contributed by atoms with Crippen molar-refractivity contribution in [2.75, 3.05) is 19.8 Å². The summed E-state index contributed by atoms with van der Waals surface area (Å²) in [6.07, 6.45) is 4.31. The molecule has 14 heavy (non-hydrogen) atoms. The molecule has 0 aromatic rings. The molecule has 1 aliphatic carbocycles. The summed E-state index contributed by atoms with van der Waals surface area (Å²) in [4.78, 5) is 0. The first-order valence-corrected chi connectivity index (χ1v) is 5.70. The largest absolute Gasteiger partial charge is 0.393 e. The van der Waals surface area contributed by atoms with Crippen molar-refractivity contribution < 1.29 is 9.84 Å². The summed E-state index contributed by atoms with van der Waals surface area (Å²) in [5.74, 6) is 1.33. The highest BCUT2D eigenvalue weighted by Crippen LogP contribution is 2.30. The van der Waals surface area contributed by atoms with Gasteiger partial charge in [-0.3, -0.25) is 0 Å². The summed E-state index contributed by atoms with van der Waals surface area (Å²) in [6.45, 7) is 4.09. The molecular weight excluding hydrogens is 178 g/mol. The Morgan fingerprint density at radius 3 is 2.79 bits per heavy atom. The van der Waals surface area contributed by atoms with Gasteiger partial charge in [-0.05, 0) is 44.6 Å². The smallest absolute Gasteiger partial charge is 0.0534 e. The van der Waals surface area contributed by atoms with E-state index in [1.165, 1.54) is 19.3 Å². The van der Waals surface area contributed by atoms with Gasteiger partial charge >= 0.3 is 0 Å². The van der Waals surface area contributed by atoms with Crippen molar-refractivity contribution in [1.82, 2.24) is 0 Å². The molecule has 3 unspecified atom stereocenters. The van der Waals surface area contributed by atoms with E-state index >= 15 is 0 Å². The van der Waals surface area contributed by atoms with E-state index in [0.717, 1.165) is 19.6 Å². The maximum Gasteiger partial charge on any atom is 0.0534 e. The Labute approximate surface area is 86.6 Å². The molecule has 0 heterocycles. The lowest BCUT2D eigenvalue weighted by Crippen LogP contribution is -2.22. The topological polar surface area (TPSA) is 55.5 Å². The quantitative estimate of drug-likeness (QED) is 0.634. The molecule has 3 N–H and O–H groups in total. The van der Waals surface area contributed by atoms with Gasteiger partial charge in [-0.2, -0.15) is 0 Å². The zero-order valence-electron chi connectivity index (χ0n) is 9.11. The van der Waals surface area contributed by atoms with Crippen LogP contribution in [-0.2, 0) is 4.74 Å². The summed E-state index contributed by atoms with van der Waals surface area (Å²) in [6, 6.07) is 0. The van der Waals surface area contributed by atoms with Crippen molar-refractivity contribution in [2.24, 2.45) is 17.6 Å². The minimum Gasteiger partial charge on any atom is -0.393 e. The first kappa shape index (κ1) is 12.0. The van der Waals surface area contributed by atoms with Crippen LogP contribution >= 0.6 is 0 Å². The average molecular weight is 201 g/mol. The summed E-state index contributed by atoms with van der Waals surface area (Å²) in [5.41, 5.74) is 5.68. The second-order valence-corrected chi connectivity index (χ2v) is 4.40. The lowest BCUT2D eigenvalue weighted by Gasteiger charge is -2.17. The summed E-state index contributed by atoms with van der Waals surface area (Å²) in [5, 5.41) is 9.04. The highest BCUT2D eigenvalue weighted by atomic mass is 16.5. The lowest BCUT2D eigenvalue weighted by molar-refractivity contribution is 0.0599. The van der Waals surface area contributed by atoms with Crippen molar-refractivity contribution in [3.05, 3.63) is 0 Å². The summed E-state index contributed by atoms with van der Waals surface area (Å²) >= 11 is 0. The Morgan fingerprint density at radius 1 is 1.43 bits per heavy atom. The van der Waals surface area contributed by atoms with E-state index < -0.39 is 0 Å². The molecule has 0 aromatic carbocycles. The van der Waals surface area contributed by atoms with Crippen molar-refractivity contribution in [1.29, 1.82) is 0 Å². The first-order chi connectivity index (χ1) is 6.74. The monoisotopic (exact) mass is 201 g/mol. The van der Waals surface area contributed by atoms with Gasteiger partial charge in [0.05, 0.1) is 6.10 Å². The van der Waals surface area contributed by atoms with Gasteiger partial charge in [0.2, 0.25) is 0 Å². The molecule has 0 bridgehead atoms. The zero-order chi connectivity index (χ0) is 10.4. The van der Waals surface area contributed by atoms with Crippen molar-refractivity contribution in [3.63, 3.8) is 0 Å². The maximum absolute atomic E-state index is 9.04. The van der Waals surface area contributed by atoms with E-state index in [2.05, 4.69) is 0 Å². The molecule has 3 heteroatoms. The Balaban J connectivity index is 2.05. The van der Waals surface area contributed by atoms with Gasteiger partial charge in [0, 0.05) is 13.2 Å². The van der Waals surface area contributed by atoms with Gasteiger partial charge in [-0.15, -0.1) is 0 Å². The van der Waals surface area contributed by atoms with Crippen LogP contribution in [0.1, 0.15) is 32.6 Å². The molecule has 0 aromatic heterocycles. The SMILES string of the molecule is CC(O)CCOCC1CCCC1CN. The molecule has 1 aliphatic rings. The molecule has 0 aliphatic heterocycles.